The summed E-state index contributed by atoms with van der Waals surface area (Å²) in [5, 5.41) is 13.8. The lowest BCUT2D eigenvalue weighted by Crippen LogP contribution is -2.61. The predicted molar refractivity (Wildman–Crippen MR) is 318 cm³/mol. The third-order valence-corrected chi connectivity index (χ3v) is 17.1. The number of piperidine rings is 3. The van der Waals surface area contributed by atoms with Gasteiger partial charge in [0.15, 0.2) is 12.1 Å². The van der Waals surface area contributed by atoms with Crippen molar-refractivity contribution in [2.75, 3.05) is 79.5 Å². The van der Waals surface area contributed by atoms with Gasteiger partial charge in [0.1, 0.15) is 18.4 Å². The maximum absolute atomic E-state index is 14.1. The molecule has 18 heteroatoms. The molecule has 16 nitrogen and oxygen atoms in total. The molecule has 1 amide bonds. The molecule has 0 bridgehead atoms. The van der Waals surface area contributed by atoms with Crippen LogP contribution in [-0.4, -0.2) is 162 Å². The number of rotatable bonds is 18. The maximum atomic E-state index is 14.1. The lowest BCUT2D eigenvalue weighted by molar-refractivity contribution is -0.124. The van der Waals surface area contributed by atoms with E-state index in [1.165, 1.54) is 116 Å². The number of nitrogens with two attached hydrogens (primary N) is 2. The number of aliphatic hydroxyl groups excluding tert-OH is 1. The second-order valence-corrected chi connectivity index (χ2v) is 22.1. The molecule has 0 radical (unpaired) electrons. The normalized spacial score (nSPS) is 24.5. The molecule has 4 atom stereocenters. The van der Waals surface area contributed by atoms with E-state index in [4.69, 9.17) is 15.6 Å². The van der Waals surface area contributed by atoms with Crippen LogP contribution < -0.4 is 27.0 Å². The molecule has 3 aliphatic carbocycles. The average molecular weight is 1100 g/mol. The number of methoxy groups -OCH3 is 1. The Balaban J connectivity index is 0.000000517. The Hall–Kier alpha value is -4.17. The summed E-state index contributed by atoms with van der Waals surface area (Å²) in [6.07, 6.45) is 27.3. The van der Waals surface area contributed by atoms with Crippen LogP contribution in [0, 0.1) is 34.9 Å². The molecule has 1 spiro atoms. The van der Waals surface area contributed by atoms with Gasteiger partial charge in [-0.25, -0.2) is 4.39 Å². The third kappa shape index (κ3) is 24.0. The third-order valence-electron chi connectivity index (χ3n) is 15.7. The van der Waals surface area contributed by atoms with E-state index in [-0.39, 0.29) is 40.8 Å². The number of carbonyl (C=O) groups excluding carboxylic acids is 5. The van der Waals surface area contributed by atoms with Crippen molar-refractivity contribution in [3.63, 3.8) is 0 Å². The van der Waals surface area contributed by atoms with Crippen molar-refractivity contribution in [3.05, 3.63) is 53.0 Å². The lowest BCUT2D eigenvalue weighted by atomic mass is 9.51. The number of aldehydes is 3. The van der Waals surface area contributed by atoms with Crippen LogP contribution in [0.1, 0.15) is 159 Å². The lowest BCUT2D eigenvalue weighted by Gasteiger charge is -2.60. The number of Topliss-reactive ketones (excluding diaryl/α,β-unsaturated/α-hetero) is 1. The fraction of sp³-hybridized carbons (Fsp3) is 0.712. The van der Waals surface area contributed by atoms with E-state index in [9.17, 15) is 28.4 Å². The Morgan fingerprint density at radius 2 is 1.57 bits per heavy atom. The summed E-state index contributed by atoms with van der Waals surface area (Å²) < 4.78 is 21.9. The first kappa shape index (κ1) is 70.8. The van der Waals surface area contributed by atoms with Crippen LogP contribution in [0.25, 0.3) is 0 Å². The van der Waals surface area contributed by atoms with Crippen molar-refractivity contribution < 1.29 is 38.2 Å². The number of amides is 1. The molecule has 7 N–H and O–H groups in total. The molecule has 3 aliphatic heterocycles. The van der Waals surface area contributed by atoms with Crippen LogP contribution in [0.15, 0.2) is 46.0 Å². The number of anilines is 1. The van der Waals surface area contributed by atoms with Crippen molar-refractivity contribution in [3.8, 4) is 0 Å². The van der Waals surface area contributed by atoms with E-state index in [0.29, 0.717) is 62.7 Å². The van der Waals surface area contributed by atoms with Gasteiger partial charge in [-0.3, -0.25) is 28.7 Å². The highest BCUT2D eigenvalue weighted by Crippen LogP contribution is 2.57. The highest BCUT2D eigenvalue weighted by molar-refractivity contribution is 7.97. The highest BCUT2D eigenvalue weighted by atomic mass is 32.2. The van der Waals surface area contributed by atoms with E-state index >= 15 is 0 Å². The van der Waals surface area contributed by atoms with Crippen LogP contribution in [-0.2, 0) is 19.1 Å². The number of hydrogen-bond donors (Lipinski definition) is 5. The monoisotopic (exact) mass is 1100 g/mol. The molecule has 1 aromatic carbocycles. The molecule has 0 aromatic heterocycles. The van der Waals surface area contributed by atoms with Crippen LogP contribution in [0.2, 0.25) is 0 Å². The number of aliphatic hydroxyl groups is 1. The number of ether oxygens (including phenoxy) is 1. The largest absolute Gasteiger partial charge is 0.400 e. The van der Waals surface area contributed by atoms with Crippen molar-refractivity contribution in [2.45, 2.75) is 167 Å². The summed E-state index contributed by atoms with van der Waals surface area (Å²) in [6, 6.07) is 4.70. The fourth-order valence-corrected chi connectivity index (χ4v) is 12.3. The number of ketones is 1. The Labute approximate surface area is 467 Å². The van der Waals surface area contributed by atoms with Gasteiger partial charge in [-0.15, -0.1) is 0 Å². The molecule has 7 rings (SSSR count). The number of allylic oxidation sites excluding steroid dienone is 2. The minimum atomic E-state index is -0.509. The number of halogens is 1. The van der Waals surface area contributed by atoms with Gasteiger partial charge >= 0.3 is 0 Å². The molecule has 4 unspecified atom stereocenters. The zero-order valence-electron chi connectivity index (χ0n) is 49.0. The summed E-state index contributed by atoms with van der Waals surface area (Å²) in [6.45, 7) is 21.1. The quantitative estimate of drug-likeness (QED) is 0.0232. The first-order valence-corrected chi connectivity index (χ1v) is 29.1. The van der Waals surface area contributed by atoms with Crippen LogP contribution in [0.3, 0.4) is 0 Å². The molecule has 3 saturated carbocycles. The minimum absolute atomic E-state index is 0.00171. The predicted octanol–water partition coefficient (Wildman–Crippen LogP) is 8.49. The summed E-state index contributed by atoms with van der Waals surface area (Å²) >= 11 is 2.13. The number of nitrogens with zero attached hydrogens (tertiary/aromatic N) is 5. The molecule has 3 saturated heterocycles. The smallest absolute Gasteiger partial charge is 0.222 e. The molecular formula is C59H102FN9O7S. The zero-order chi connectivity index (χ0) is 57.9. The Morgan fingerprint density at radius 1 is 0.948 bits per heavy atom. The Bertz CT molecular complexity index is 1940. The van der Waals surface area contributed by atoms with Crippen molar-refractivity contribution >= 4 is 61.2 Å². The minimum Gasteiger partial charge on any atom is -0.400 e. The summed E-state index contributed by atoms with van der Waals surface area (Å²) in [7, 11) is 7.94. The topological polar surface area (TPSA) is 225 Å². The van der Waals surface area contributed by atoms with Crippen molar-refractivity contribution in [2.24, 2.45) is 50.5 Å². The van der Waals surface area contributed by atoms with Gasteiger partial charge in [0.2, 0.25) is 5.91 Å². The van der Waals surface area contributed by atoms with Gasteiger partial charge < -0.3 is 51.3 Å². The van der Waals surface area contributed by atoms with E-state index < -0.39 is 5.82 Å². The van der Waals surface area contributed by atoms with E-state index in [1.54, 1.807) is 14.2 Å². The van der Waals surface area contributed by atoms with Crippen molar-refractivity contribution in [1.82, 2.24) is 19.8 Å². The van der Waals surface area contributed by atoms with E-state index in [2.05, 4.69) is 80.3 Å². The number of benzene rings is 1. The number of carbonyl (C=O) groups is 5. The number of likely N-dealkylation sites (tertiary alicyclic amines) is 1. The molecule has 1 aromatic rings. The van der Waals surface area contributed by atoms with Crippen LogP contribution >= 0.6 is 11.9 Å². The van der Waals surface area contributed by atoms with Gasteiger partial charge in [0, 0.05) is 100 Å². The highest BCUT2D eigenvalue weighted by Gasteiger charge is 2.54. The molecule has 77 heavy (non-hydrogen) atoms. The first-order chi connectivity index (χ1) is 37.2. The number of hydrogen-bond acceptors (Lipinski definition) is 15. The van der Waals surface area contributed by atoms with Gasteiger partial charge in [-0.05, 0) is 160 Å². The second-order valence-electron chi connectivity index (χ2n) is 20.7. The summed E-state index contributed by atoms with van der Waals surface area (Å²) in [5.74, 6) is 0.539. The Kier molecular flexibility index (Phi) is 36.9. The van der Waals surface area contributed by atoms with Gasteiger partial charge in [0.05, 0.1) is 24.2 Å². The Morgan fingerprint density at radius 3 is 2.05 bits per heavy atom. The molecule has 6 aliphatic rings. The molecule has 3 heterocycles. The zero-order valence-corrected chi connectivity index (χ0v) is 49.8. The van der Waals surface area contributed by atoms with Crippen LogP contribution in [0.5, 0.6) is 0 Å². The maximum Gasteiger partial charge on any atom is 0.222 e. The average Bonchev–Trinajstić information content (AvgIpc) is 3.89. The number of nitrogens with one attached hydrogen (secondary N) is 2. The first-order valence-electron chi connectivity index (χ1n) is 28.3. The SMILES string of the molecule is C=N/C=C(/C=C\C(C)OC)C1CCCC1C.CC.CC(=O)c1cc(F)c(N2CCC(C=O)CC2)cc1C=O.CN.CNC(=O)C(C)CCC=O.CNC1CC2(C1)CC(N1CCC(SN3CCC(N=CN)CC3)CC1)C2.CO. The number of aliphatic imine (C=N–C) groups is 2. The standard InChI is InChI=1S/C19H35N5S.C15H16FNO3.C14H23NO.C7H13NO2.C2H6.CH5N.CH4O/c1-21-16-10-19(11-16)12-17(13-19)23-6-4-18(5-7-23)25-24-8-2-15(3-9-24)22-14-20;1-10(20)13-7-14(16)15(6-12(13)9-19)17-4-2-11(8-18)3-5-17;1-11-6-5-7-14(11)13(10-15-3)9-8-12(2)16-4;1-6(4-3-5-9)7(10)8-2;3*1-2/h14-18,21H,2-13H2,1H3,(H2,20,22);6-9,11H,2-5H2,1H3;8-12,14H,3,5-7H2,1-2,4H3;5-6H,3-4H2,1-2H3,(H,8,10);1-2H3;2H2,1H3;2H,1H3/b;;9-8-,13-10-;;;;. The molecule has 6 fully saturated rings. The van der Waals surface area contributed by atoms with E-state index in [0.717, 1.165) is 67.3 Å². The fourth-order valence-electron chi connectivity index (χ4n) is 11.0. The van der Waals surface area contributed by atoms with Gasteiger partial charge in [0.25, 0.3) is 0 Å². The summed E-state index contributed by atoms with van der Waals surface area (Å²) in [5.41, 5.74) is 12.6. The van der Waals surface area contributed by atoms with Crippen molar-refractivity contribution in [1.29, 1.82) is 0 Å². The molecule has 438 valence electrons. The van der Waals surface area contributed by atoms with Gasteiger partial charge in [-0.2, -0.15) is 0 Å². The molecular weight excluding hydrogens is 998 g/mol. The van der Waals surface area contributed by atoms with Crippen LogP contribution in [0.4, 0.5) is 10.1 Å². The van der Waals surface area contributed by atoms with E-state index in [1.807, 2.05) is 38.8 Å². The summed E-state index contributed by atoms with van der Waals surface area (Å²) in [4.78, 5) is 66.7. The van der Waals surface area contributed by atoms with Gasteiger partial charge in [-0.1, -0.05) is 64.6 Å². The second kappa shape index (κ2) is 40.1.